The Morgan fingerprint density at radius 2 is 1.24 bits per heavy atom. The molecular weight excluding hydrogens is 302 g/mol. The third-order valence-corrected chi connectivity index (χ3v) is 4.50. The van der Waals surface area contributed by atoms with Crippen LogP contribution in [0.25, 0.3) is 0 Å². The topological polar surface area (TPSA) is 3.24 Å². The fraction of sp³-hybridized carbons (Fsp3) is 0.417. The number of hydrogen-bond acceptors (Lipinski definition) is 1. The summed E-state index contributed by atoms with van der Waals surface area (Å²) < 4.78 is 0. The number of nitrogens with zero attached hydrogens (tertiary/aromatic N) is 1. The van der Waals surface area contributed by atoms with Gasteiger partial charge in [-0.05, 0) is 43.4 Å². The standard InChI is InChI=1S/C24H33N/c1-2-3-4-5-6-7-8-15-20-25(21-23-16-11-9-12-17-23)22-24-18-13-10-14-19-24/h3-4,9-14,16-19H,2,5-8,15,20-22H2,1H3/b4-3+. The average Bonchev–Trinajstić information content (AvgIpc) is 2.65. The van der Waals surface area contributed by atoms with E-state index in [9.17, 15) is 0 Å². The Morgan fingerprint density at radius 3 is 1.80 bits per heavy atom. The lowest BCUT2D eigenvalue weighted by Gasteiger charge is -2.22. The van der Waals surface area contributed by atoms with Crippen LogP contribution in [-0.2, 0) is 13.1 Å². The molecule has 25 heavy (non-hydrogen) atoms. The van der Waals surface area contributed by atoms with Crippen molar-refractivity contribution in [2.45, 2.75) is 58.5 Å². The van der Waals surface area contributed by atoms with Crippen molar-refractivity contribution >= 4 is 0 Å². The highest BCUT2D eigenvalue weighted by atomic mass is 15.1. The predicted octanol–water partition coefficient (Wildman–Crippen LogP) is 6.61. The van der Waals surface area contributed by atoms with Crippen molar-refractivity contribution in [3.05, 3.63) is 83.9 Å². The zero-order chi connectivity index (χ0) is 17.6. The van der Waals surface area contributed by atoms with E-state index in [1.54, 1.807) is 0 Å². The highest BCUT2D eigenvalue weighted by molar-refractivity contribution is 5.17. The number of rotatable bonds is 12. The van der Waals surface area contributed by atoms with Crippen LogP contribution in [0.1, 0.15) is 56.6 Å². The SMILES string of the molecule is CC/C=C/CCCCCCN(Cc1ccccc1)Cc1ccccc1. The third-order valence-electron chi connectivity index (χ3n) is 4.50. The molecule has 0 amide bonds. The predicted molar refractivity (Wildman–Crippen MR) is 110 cm³/mol. The Bertz CT molecular complexity index is 532. The van der Waals surface area contributed by atoms with E-state index in [1.165, 1.54) is 49.8 Å². The van der Waals surface area contributed by atoms with Gasteiger partial charge in [-0.15, -0.1) is 0 Å². The van der Waals surface area contributed by atoms with Crippen molar-refractivity contribution in [2.24, 2.45) is 0 Å². The summed E-state index contributed by atoms with van der Waals surface area (Å²) >= 11 is 0. The van der Waals surface area contributed by atoms with Gasteiger partial charge in [0, 0.05) is 13.1 Å². The Morgan fingerprint density at radius 1 is 0.680 bits per heavy atom. The molecule has 0 aliphatic heterocycles. The van der Waals surface area contributed by atoms with Gasteiger partial charge in [-0.1, -0.05) is 92.6 Å². The first-order valence-corrected chi connectivity index (χ1v) is 9.83. The molecule has 2 rings (SSSR count). The maximum Gasteiger partial charge on any atom is 0.0237 e. The maximum atomic E-state index is 2.58. The van der Waals surface area contributed by atoms with E-state index >= 15 is 0 Å². The molecule has 2 aromatic rings. The van der Waals surface area contributed by atoms with Crippen LogP contribution in [-0.4, -0.2) is 11.4 Å². The summed E-state index contributed by atoms with van der Waals surface area (Å²) in [7, 11) is 0. The highest BCUT2D eigenvalue weighted by Gasteiger charge is 2.07. The molecular formula is C24H33N. The summed E-state index contributed by atoms with van der Waals surface area (Å²) in [5.41, 5.74) is 2.81. The zero-order valence-electron chi connectivity index (χ0n) is 15.7. The molecule has 0 spiro atoms. The lowest BCUT2D eigenvalue weighted by molar-refractivity contribution is 0.250. The van der Waals surface area contributed by atoms with E-state index in [2.05, 4.69) is 84.6 Å². The molecule has 0 N–H and O–H groups in total. The molecule has 0 saturated heterocycles. The lowest BCUT2D eigenvalue weighted by Crippen LogP contribution is -2.24. The van der Waals surface area contributed by atoms with Crippen molar-refractivity contribution in [1.29, 1.82) is 0 Å². The van der Waals surface area contributed by atoms with Gasteiger partial charge < -0.3 is 0 Å². The monoisotopic (exact) mass is 335 g/mol. The summed E-state index contributed by atoms with van der Waals surface area (Å²) in [6, 6.07) is 21.7. The van der Waals surface area contributed by atoms with E-state index in [1.807, 2.05) is 0 Å². The molecule has 134 valence electrons. The van der Waals surface area contributed by atoms with Gasteiger partial charge >= 0.3 is 0 Å². The van der Waals surface area contributed by atoms with Crippen LogP contribution in [0.2, 0.25) is 0 Å². The second-order valence-corrected chi connectivity index (χ2v) is 6.76. The molecule has 0 aliphatic carbocycles. The van der Waals surface area contributed by atoms with E-state index < -0.39 is 0 Å². The first kappa shape index (κ1) is 19.5. The minimum Gasteiger partial charge on any atom is -0.295 e. The molecule has 0 radical (unpaired) electrons. The van der Waals surface area contributed by atoms with E-state index in [-0.39, 0.29) is 0 Å². The normalized spacial score (nSPS) is 11.4. The van der Waals surface area contributed by atoms with Crippen LogP contribution in [0.4, 0.5) is 0 Å². The number of benzene rings is 2. The largest absolute Gasteiger partial charge is 0.295 e. The van der Waals surface area contributed by atoms with Gasteiger partial charge in [0.05, 0.1) is 0 Å². The summed E-state index contributed by atoms with van der Waals surface area (Å²) in [6.07, 6.45) is 12.3. The van der Waals surface area contributed by atoms with E-state index in [0.717, 1.165) is 19.5 Å². The fourth-order valence-electron chi connectivity index (χ4n) is 3.13. The third kappa shape index (κ3) is 8.69. The van der Waals surface area contributed by atoms with Crippen molar-refractivity contribution in [3.63, 3.8) is 0 Å². The first-order valence-electron chi connectivity index (χ1n) is 9.83. The molecule has 0 bridgehead atoms. The van der Waals surface area contributed by atoms with Crippen LogP contribution in [0.5, 0.6) is 0 Å². The second kappa shape index (κ2) is 12.5. The lowest BCUT2D eigenvalue weighted by atomic mass is 10.1. The molecule has 1 heteroatoms. The maximum absolute atomic E-state index is 2.58. The van der Waals surface area contributed by atoms with Crippen molar-refractivity contribution in [3.8, 4) is 0 Å². The summed E-state index contributed by atoms with van der Waals surface area (Å²) in [5.74, 6) is 0. The highest BCUT2D eigenvalue weighted by Crippen LogP contribution is 2.12. The van der Waals surface area contributed by atoms with Gasteiger partial charge in [0.15, 0.2) is 0 Å². The number of hydrogen-bond donors (Lipinski definition) is 0. The Balaban J connectivity index is 1.77. The first-order chi connectivity index (χ1) is 12.4. The van der Waals surface area contributed by atoms with Crippen LogP contribution >= 0.6 is 0 Å². The van der Waals surface area contributed by atoms with Crippen LogP contribution in [0.15, 0.2) is 72.8 Å². The summed E-state index contributed by atoms with van der Waals surface area (Å²) in [5, 5.41) is 0. The molecule has 0 unspecified atom stereocenters. The van der Waals surface area contributed by atoms with Crippen molar-refractivity contribution in [2.75, 3.05) is 6.54 Å². The van der Waals surface area contributed by atoms with Gasteiger partial charge in [-0.2, -0.15) is 0 Å². The smallest absolute Gasteiger partial charge is 0.0237 e. The van der Waals surface area contributed by atoms with Gasteiger partial charge in [-0.3, -0.25) is 4.90 Å². The van der Waals surface area contributed by atoms with E-state index in [0.29, 0.717) is 0 Å². The Kier molecular flexibility index (Phi) is 9.73. The van der Waals surface area contributed by atoms with Gasteiger partial charge in [0.1, 0.15) is 0 Å². The van der Waals surface area contributed by atoms with Gasteiger partial charge in [0.25, 0.3) is 0 Å². The van der Waals surface area contributed by atoms with Crippen LogP contribution < -0.4 is 0 Å². The quantitative estimate of drug-likeness (QED) is 0.312. The summed E-state index contributed by atoms with van der Waals surface area (Å²) in [6.45, 7) is 5.45. The second-order valence-electron chi connectivity index (χ2n) is 6.76. The molecule has 0 atom stereocenters. The fourth-order valence-corrected chi connectivity index (χ4v) is 3.13. The van der Waals surface area contributed by atoms with Gasteiger partial charge in [0.2, 0.25) is 0 Å². The Hall–Kier alpha value is -1.86. The zero-order valence-corrected chi connectivity index (χ0v) is 15.7. The average molecular weight is 336 g/mol. The van der Waals surface area contributed by atoms with E-state index in [4.69, 9.17) is 0 Å². The number of unbranched alkanes of at least 4 members (excludes halogenated alkanes) is 4. The van der Waals surface area contributed by atoms with Crippen molar-refractivity contribution in [1.82, 2.24) is 4.90 Å². The van der Waals surface area contributed by atoms with Crippen LogP contribution in [0.3, 0.4) is 0 Å². The van der Waals surface area contributed by atoms with Crippen molar-refractivity contribution < 1.29 is 0 Å². The molecule has 0 aliphatic rings. The molecule has 0 heterocycles. The number of allylic oxidation sites excluding steroid dienone is 2. The molecule has 0 fully saturated rings. The minimum absolute atomic E-state index is 1.04. The minimum atomic E-state index is 1.04. The van der Waals surface area contributed by atoms with Gasteiger partial charge in [-0.25, -0.2) is 0 Å². The molecule has 0 aromatic heterocycles. The Labute approximate surface area is 154 Å². The summed E-state index contributed by atoms with van der Waals surface area (Å²) in [4.78, 5) is 2.58. The molecule has 0 saturated carbocycles. The molecule has 1 nitrogen and oxygen atoms in total. The molecule has 2 aromatic carbocycles. The van der Waals surface area contributed by atoms with Crippen LogP contribution in [0, 0.1) is 0 Å².